The molecule has 1 aliphatic rings. The van der Waals surface area contributed by atoms with Crippen molar-refractivity contribution in [3.05, 3.63) is 81.7 Å². The number of likely N-dealkylation sites (tertiary alicyclic amines) is 1. The molecule has 2 aromatic carbocycles. The van der Waals surface area contributed by atoms with Gasteiger partial charge in [0.25, 0.3) is 5.91 Å². The molecule has 5 heteroatoms. The first-order valence-corrected chi connectivity index (χ1v) is 9.69. The highest BCUT2D eigenvalue weighted by atomic mass is 16.3. The number of carbonyl (C=O) groups excluding carboxylic acids is 1. The van der Waals surface area contributed by atoms with Crippen molar-refractivity contribution in [3.8, 4) is 0 Å². The smallest absolute Gasteiger partial charge is 0.258 e. The molecule has 3 aromatic rings. The Bertz CT molecular complexity index is 1030. The van der Waals surface area contributed by atoms with Gasteiger partial charge in [-0.15, -0.1) is 0 Å². The van der Waals surface area contributed by atoms with Crippen molar-refractivity contribution in [1.29, 1.82) is 0 Å². The van der Waals surface area contributed by atoms with Gasteiger partial charge in [-0.05, 0) is 37.5 Å². The van der Waals surface area contributed by atoms with E-state index >= 15 is 0 Å². The fourth-order valence-corrected chi connectivity index (χ4v) is 3.74. The molecule has 1 fully saturated rings. The molecule has 5 nitrogen and oxygen atoms in total. The van der Waals surface area contributed by atoms with Crippen LogP contribution in [0.3, 0.4) is 0 Å². The van der Waals surface area contributed by atoms with Crippen molar-refractivity contribution in [1.82, 2.24) is 10.2 Å². The average molecular weight is 376 g/mol. The molecule has 1 aromatic heterocycles. The van der Waals surface area contributed by atoms with Gasteiger partial charge in [-0.1, -0.05) is 42.0 Å². The number of fused-ring (bicyclic) bond motifs is 1. The third-order valence-electron chi connectivity index (χ3n) is 5.34. The predicted octanol–water partition coefficient (Wildman–Crippen LogP) is 3.50. The number of piperidine rings is 1. The van der Waals surface area contributed by atoms with Crippen LogP contribution in [0.4, 0.5) is 0 Å². The lowest BCUT2D eigenvalue weighted by Crippen LogP contribution is -2.45. The summed E-state index contributed by atoms with van der Waals surface area (Å²) in [4.78, 5) is 27.7. The third kappa shape index (κ3) is 3.99. The van der Waals surface area contributed by atoms with Crippen LogP contribution in [0.25, 0.3) is 11.0 Å². The molecule has 0 aliphatic carbocycles. The van der Waals surface area contributed by atoms with Crippen LogP contribution >= 0.6 is 0 Å². The quantitative estimate of drug-likeness (QED) is 0.757. The van der Waals surface area contributed by atoms with Crippen LogP contribution in [0.2, 0.25) is 0 Å². The standard InChI is InChI=1S/C23H24N2O3/c1-16-7-8-21-19(13-16)22(26)20(15-28-21)23(27)24-18-9-11-25(12-10-18)14-17-5-3-2-4-6-17/h2-8,13,15,18H,9-12,14H2,1H3,(H,24,27). The van der Waals surface area contributed by atoms with Gasteiger partial charge in [0.05, 0.1) is 5.39 Å². The molecular formula is C23H24N2O3. The highest BCUT2D eigenvalue weighted by Crippen LogP contribution is 2.16. The van der Waals surface area contributed by atoms with Crippen LogP contribution < -0.4 is 10.7 Å². The number of hydrogen-bond acceptors (Lipinski definition) is 4. The minimum Gasteiger partial charge on any atom is -0.463 e. The summed E-state index contributed by atoms with van der Waals surface area (Å²) < 4.78 is 5.50. The Balaban J connectivity index is 1.39. The summed E-state index contributed by atoms with van der Waals surface area (Å²) in [7, 11) is 0. The Morgan fingerprint density at radius 3 is 2.64 bits per heavy atom. The van der Waals surface area contributed by atoms with Crippen molar-refractivity contribution in [2.45, 2.75) is 32.4 Å². The second kappa shape index (κ2) is 7.98. The fraction of sp³-hybridized carbons (Fsp3) is 0.304. The monoisotopic (exact) mass is 376 g/mol. The van der Waals surface area contributed by atoms with E-state index in [1.807, 2.05) is 19.1 Å². The molecule has 144 valence electrons. The van der Waals surface area contributed by atoms with E-state index in [1.54, 1.807) is 12.1 Å². The zero-order valence-electron chi connectivity index (χ0n) is 16.0. The van der Waals surface area contributed by atoms with Gasteiger partial charge < -0.3 is 9.73 Å². The molecule has 0 saturated carbocycles. The Morgan fingerprint density at radius 2 is 1.89 bits per heavy atom. The summed E-state index contributed by atoms with van der Waals surface area (Å²) in [6.07, 6.45) is 3.02. The van der Waals surface area contributed by atoms with Crippen LogP contribution in [0.15, 0.2) is 64.0 Å². The van der Waals surface area contributed by atoms with Gasteiger partial charge in [-0.25, -0.2) is 0 Å². The molecule has 1 saturated heterocycles. The van der Waals surface area contributed by atoms with Gasteiger partial charge >= 0.3 is 0 Å². The van der Waals surface area contributed by atoms with Crippen LogP contribution in [0, 0.1) is 6.92 Å². The Labute approximate surface area is 164 Å². The van der Waals surface area contributed by atoms with Gasteiger partial charge in [0.1, 0.15) is 17.4 Å². The van der Waals surface area contributed by atoms with E-state index in [9.17, 15) is 9.59 Å². The van der Waals surface area contributed by atoms with Crippen LogP contribution in [0.5, 0.6) is 0 Å². The zero-order chi connectivity index (χ0) is 19.5. The van der Waals surface area contributed by atoms with Gasteiger partial charge in [-0.2, -0.15) is 0 Å². The van der Waals surface area contributed by atoms with E-state index in [-0.39, 0.29) is 22.9 Å². The first kappa shape index (κ1) is 18.4. The maximum atomic E-state index is 12.7. The van der Waals surface area contributed by atoms with Gasteiger partial charge in [-0.3, -0.25) is 14.5 Å². The normalized spacial score (nSPS) is 15.6. The minimum absolute atomic E-state index is 0.0739. The van der Waals surface area contributed by atoms with E-state index in [2.05, 4.69) is 34.5 Å². The number of nitrogens with one attached hydrogen (secondary N) is 1. The highest BCUT2D eigenvalue weighted by Gasteiger charge is 2.23. The third-order valence-corrected chi connectivity index (χ3v) is 5.34. The highest BCUT2D eigenvalue weighted by molar-refractivity contribution is 5.96. The topological polar surface area (TPSA) is 62.6 Å². The molecule has 28 heavy (non-hydrogen) atoms. The van der Waals surface area contributed by atoms with E-state index in [0.717, 1.165) is 38.0 Å². The van der Waals surface area contributed by atoms with E-state index in [4.69, 9.17) is 4.42 Å². The number of benzene rings is 2. The molecule has 2 heterocycles. The molecule has 0 unspecified atom stereocenters. The van der Waals surface area contributed by atoms with Gasteiger partial charge in [0, 0.05) is 25.7 Å². The van der Waals surface area contributed by atoms with Gasteiger partial charge in [0.2, 0.25) is 5.43 Å². The van der Waals surface area contributed by atoms with E-state index < -0.39 is 0 Å². The maximum Gasteiger partial charge on any atom is 0.258 e. The number of aryl methyl sites for hydroxylation is 1. The second-order valence-electron chi connectivity index (χ2n) is 7.49. The SMILES string of the molecule is Cc1ccc2occ(C(=O)NC3CCN(Cc4ccccc4)CC3)c(=O)c2c1. The lowest BCUT2D eigenvalue weighted by Gasteiger charge is -2.32. The second-order valence-corrected chi connectivity index (χ2v) is 7.49. The van der Waals surface area contributed by atoms with Crippen LogP contribution in [-0.2, 0) is 6.54 Å². The lowest BCUT2D eigenvalue weighted by molar-refractivity contribution is 0.0906. The predicted molar refractivity (Wildman–Crippen MR) is 109 cm³/mol. The molecule has 0 bridgehead atoms. The Hall–Kier alpha value is -2.92. The van der Waals surface area contributed by atoms with E-state index in [0.29, 0.717) is 11.0 Å². The average Bonchev–Trinajstić information content (AvgIpc) is 2.71. The van der Waals surface area contributed by atoms with Crippen molar-refractivity contribution >= 4 is 16.9 Å². The molecule has 1 N–H and O–H groups in total. The fourth-order valence-electron chi connectivity index (χ4n) is 3.74. The summed E-state index contributed by atoms with van der Waals surface area (Å²) in [5, 5.41) is 3.46. The van der Waals surface area contributed by atoms with Gasteiger partial charge in [0.15, 0.2) is 0 Å². The van der Waals surface area contributed by atoms with Crippen molar-refractivity contribution in [3.63, 3.8) is 0 Å². The number of nitrogens with zero attached hydrogens (tertiary/aromatic N) is 1. The lowest BCUT2D eigenvalue weighted by atomic mass is 10.0. The molecule has 1 aliphatic heterocycles. The summed E-state index contributed by atoms with van der Waals surface area (Å²) in [5.41, 5.74) is 2.56. The van der Waals surface area contributed by atoms with Crippen LogP contribution in [-0.4, -0.2) is 29.9 Å². The molecule has 1 amide bonds. The number of amides is 1. The maximum absolute atomic E-state index is 12.7. The molecule has 0 radical (unpaired) electrons. The molecular weight excluding hydrogens is 352 g/mol. The summed E-state index contributed by atoms with van der Waals surface area (Å²) in [6, 6.07) is 15.9. The number of carbonyl (C=O) groups is 1. The summed E-state index contributed by atoms with van der Waals surface area (Å²) in [6.45, 7) is 4.68. The number of hydrogen-bond donors (Lipinski definition) is 1. The Morgan fingerprint density at radius 1 is 1.14 bits per heavy atom. The first-order valence-electron chi connectivity index (χ1n) is 9.69. The van der Waals surface area contributed by atoms with Crippen LogP contribution in [0.1, 0.15) is 34.3 Å². The van der Waals surface area contributed by atoms with Crippen molar-refractivity contribution < 1.29 is 9.21 Å². The number of rotatable bonds is 4. The molecule has 0 spiro atoms. The van der Waals surface area contributed by atoms with E-state index in [1.165, 1.54) is 11.8 Å². The first-order chi connectivity index (χ1) is 13.6. The largest absolute Gasteiger partial charge is 0.463 e. The Kier molecular flexibility index (Phi) is 5.26. The van der Waals surface area contributed by atoms with Crippen molar-refractivity contribution in [2.24, 2.45) is 0 Å². The van der Waals surface area contributed by atoms with Crippen molar-refractivity contribution in [2.75, 3.05) is 13.1 Å². The summed E-state index contributed by atoms with van der Waals surface area (Å²) in [5.74, 6) is -0.348. The molecule has 4 rings (SSSR count). The summed E-state index contributed by atoms with van der Waals surface area (Å²) >= 11 is 0. The zero-order valence-corrected chi connectivity index (χ0v) is 16.0. The minimum atomic E-state index is -0.348. The molecule has 0 atom stereocenters.